The lowest BCUT2D eigenvalue weighted by Gasteiger charge is -2.12. The molecular formula is C22H21N2O6-. The molecular weight excluding hydrogens is 388 g/mol. The lowest BCUT2D eigenvalue weighted by atomic mass is 10.1. The molecule has 2 N–H and O–H groups in total. The molecule has 0 fully saturated rings. The van der Waals surface area contributed by atoms with Gasteiger partial charge in [-0.15, -0.1) is 0 Å². The first-order valence-corrected chi connectivity index (χ1v) is 9.20. The van der Waals surface area contributed by atoms with Crippen molar-refractivity contribution in [2.45, 2.75) is 19.8 Å². The van der Waals surface area contributed by atoms with Crippen molar-refractivity contribution in [2.24, 2.45) is 0 Å². The predicted octanol–water partition coefficient (Wildman–Crippen LogP) is 1.03. The van der Waals surface area contributed by atoms with Crippen molar-refractivity contribution >= 4 is 29.8 Å². The normalized spacial score (nSPS) is 10.8. The van der Waals surface area contributed by atoms with Crippen LogP contribution in [-0.2, 0) is 14.4 Å². The van der Waals surface area contributed by atoms with E-state index in [0.717, 1.165) is 0 Å². The van der Waals surface area contributed by atoms with E-state index >= 15 is 0 Å². The summed E-state index contributed by atoms with van der Waals surface area (Å²) in [5.74, 6) is -2.35. The van der Waals surface area contributed by atoms with Crippen LogP contribution in [0.1, 0.15) is 35.7 Å². The highest BCUT2D eigenvalue weighted by molar-refractivity contribution is 6.05. The summed E-state index contributed by atoms with van der Waals surface area (Å²) in [6, 6.07) is 14.7. The highest BCUT2D eigenvalue weighted by Crippen LogP contribution is 2.15. The van der Waals surface area contributed by atoms with Crippen molar-refractivity contribution in [3.8, 4) is 5.75 Å². The van der Waals surface area contributed by atoms with Crippen LogP contribution in [-0.4, -0.2) is 30.3 Å². The molecule has 2 aromatic rings. The van der Waals surface area contributed by atoms with Gasteiger partial charge in [0.05, 0.1) is 0 Å². The van der Waals surface area contributed by atoms with Crippen molar-refractivity contribution in [2.75, 3.05) is 6.54 Å². The molecule has 0 unspecified atom stereocenters. The Balaban J connectivity index is 2.17. The van der Waals surface area contributed by atoms with Crippen LogP contribution in [0.15, 0.2) is 60.3 Å². The molecule has 0 atom stereocenters. The number of hydrogen-bond acceptors (Lipinski definition) is 6. The Hall–Kier alpha value is -3.94. The Bertz CT molecular complexity index is 936. The lowest BCUT2D eigenvalue weighted by molar-refractivity contribution is -0.305. The zero-order chi connectivity index (χ0) is 21.9. The Morgan fingerprint density at radius 2 is 1.67 bits per heavy atom. The first-order valence-electron chi connectivity index (χ1n) is 9.20. The zero-order valence-corrected chi connectivity index (χ0v) is 16.3. The number of esters is 1. The minimum Gasteiger partial charge on any atom is -0.550 e. The molecule has 0 heterocycles. The molecule has 0 aliphatic heterocycles. The second-order valence-electron chi connectivity index (χ2n) is 6.27. The number of benzene rings is 2. The summed E-state index contributed by atoms with van der Waals surface area (Å²) in [6.45, 7) is 1.40. The maximum absolute atomic E-state index is 12.5. The van der Waals surface area contributed by atoms with Crippen molar-refractivity contribution in [1.29, 1.82) is 0 Å². The van der Waals surface area contributed by atoms with Crippen molar-refractivity contribution < 1.29 is 29.0 Å². The van der Waals surface area contributed by atoms with Crippen molar-refractivity contribution in [3.05, 3.63) is 71.4 Å². The van der Waals surface area contributed by atoms with Crippen molar-refractivity contribution in [1.82, 2.24) is 10.6 Å². The van der Waals surface area contributed by atoms with E-state index in [4.69, 9.17) is 4.74 Å². The molecule has 2 amide bonds. The fourth-order valence-electron chi connectivity index (χ4n) is 2.44. The van der Waals surface area contributed by atoms with Crippen LogP contribution in [0.4, 0.5) is 0 Å². The van der Waals surface area contributed by atoms with Gasteiger partial charge in [-0.1, -0.05) is 30.3 Å². The zero-order valence-electron chi connectivity index (χ0n) is 16.3. The SMILES string of the molecule is CC(=O)Oc1ccc(/C=C(/NC(=O)c2ccccc2)C(=O)NCCCC(=O)[O-])cc1. The minimum absolute atomic E-state index is 0.0162. The van der Waals surface area contributed by atoms with Crippen LogP contribution in [0, 0.1) is 0 Å². The number of carbonyl (C=O) groups excluding carboxylic acids is 4. The molecule has 8 heteroatoms. The number of carboxylic acids is 1. The topological polar surface area (TPSA) is 125 Å². The monoisotopic (exact) mass is 409 g/mol. The third-order valence-electron chi connectivity index (χ3n) is 3.82. The molecule has 0 saturated carbocycles. The average molecular weight is 409 g/mol. The summed E-state index contributed by atoms with van der Waals surface area (Å²) in [7, 11) is 0. The van der Waals surface area contributed by atoms with E-state index < -0.39 is 23.8 Å². The van der Waals surface area contributed by atoms with Gasteiger partial charge in [0.1, 0.15) is 11.4 Å². The van der Waals surface area contributed by atoms with Gasteiger partial charge in [-0.05, 0) is 48.7 Å². The Morgan fingerprint density at radius 1 is 1.00 bits per heavy atom. The molecule has 8 nitrogen and oxygen atoms in total. The molecule has 2 rings (SSSR count). The number of aliphatic carboxylic acids is 1. The Labute approximate surface area is 173 Å². The molecule has 156 valence electrons. The maximum Gasteiger partial charge on any atom is 0.308 e. The second kappa shape index (κ2) is 11.2. The van der Waals surface area contributed by atoms with E-state index in [1.165, 1.54) is 13.0 Å². The standard InChI is InChI=1S/C22H22N2O6/c1-15(25)30-18-11-9-16(10-12-18)14-19(22(29)23-13-5-8-20(26)27)24-21(28)17-6-3-2-4-7-17/h2-4,6-7,9-12,14H,5,8,13H2,1H3,(H,23,29)(H,24,28)(H,26,27)/p-1/b19-14+. The van der Waals surface area contributed by atoms with E-state index in [0.29, 0.717) is 16.9 Å². The van der Waals surface area contributed by atoms with Crippen LogP contribution < -0.4 is 20.5 Å². The summed E-state index contributed by atoms with van der Waals surface area (Å²) < 4.78 is 4.97. The van der Waals surface area contributed by atoms with E-state index in [9.17, 15) is 24.3 Å². The minimum atomic E-state index is -1.20. The quantitative estimate of drug-likeness (QED) is 0.276. The van der Waals surface area contributed by atoms with Gasteiger partial charge >= 0.3 is 5.97 Å². The van der Waals surface area contributed by atoms with Crippen LogP contribution in [0.3, 0.4) is 0 Å². The van der Waals surface area contributed by atoms with Crippen molar-refractivity contribution in [3.63, 3.8) is 0 Å². The van der Waals surface area contributed by atoms with Crippen LogP contribution in [0.2, 0.25) is 0 Å². The number of amides is 2. The number of nitrogens with one attached hydrogen (secondary N) is 2. The molecule has 0 bridgehead atoms. The number of carboxylic acid groups (broad SMARTS) is 1. The summed E-state index contributed by atoms with van der Waals surface area (Å²) in [5, 5.41) is 15.6. The lowest BCUT2D eigenvalue weighted by Crippen LogP contribution is -2.35. The van der Waals surface area contributed by atoms with Gasteiger partial charge < -0.3 is 25.3 Å². The molecule has 0 aromatic heterocycles. The molecule has 0 aliphatic rings. The van der Waals surface area contributed by atoms with E-state index in [1.807, 2.05) is 0 Å². The molecule has 0 saturated heterocycles. The van der Waals surface area contributed by atoms with Crippen LogP contribution in [0.5, 0.6) is 5.75 Å². The van der Waals surface area contributed by atoms with Crippen LogP contribution >= 0.6 is 0 Å². The van der Waals surface area contributed by atoms with E-state index in [-0.39, 0.29) is 25.1 Å². The second-order valence-corrected chi connectivity index (χ2v) is 6.27. The first-order chi connectivity index (χ1) is 14.3. The molecule has 0 aliphatic carbocycles. The molecule has 2 aromatic carbocycles. The van der Waals surface area contributed by atoms with Gasteiger partial charge in [0.15, 0.2) is 0 Å². The number of ether oxygens (including phenoxy) is 1. The summed E-state index contributed by atoms with van der Waals surface area (Å²) in [4.78, 5) is 46.5. The maximum atomic E-state index is 12.5. The summed E-state index contributed by atoms with van der Waals surface area (Å²) in [6.07, 6.45) is 1.48. The molecule has 0 spiro atoms. The Morgan fingerprint density at radius 3 is 2.27 bits per heavy atom. The fourth-order valence-corrected chi connectivity index (χ4v) is 2.44. The van der Waals surface area contributed by atoms with E-state index in [1.54, 1.807) is 54.6 Å². The van der Waals surface area contributed by atoms with Gasteiger partial charge in [-0.3, -0.25) is 14.4 Å². The van der Waals surface area contributed by atoms with Gasteiger partial charge in [-0.25, -0.2) is 0 Å². The fraction of sp³-hybridized carbons (Fsp3) is 0.182. The third kappa shape index (κ3) is 7.59. The highest BCUT2D eigenvalue weighted by Gasteiger charge is 2.14. The molecule has 30 heavy (non-hydrogen) atoms. The predicted molar refractivity (Wildman–Crippen MR) is 107 cm³/mol. The van der Waals surface area contributed by atoms with Gasteiger partial charge in [0, 0.05) is 25.0 Å². The number of carbonyl (C=O) groups is 4. The van der Waals surface area contributed by atoms with E-state index in [2.05, 4.69) is 10.6 Å². The first kappa shape index (κ1) is 22.4. The largest absolute Gasteiger partial charge is 0.550 e. The smallest absolute Gasteiger partial charge is 0.308 e. The number of rotatable bonds is 9. The highest BCUT2D eigenvalue weighted by atomic mass is 16.5. The number of hydrogen-bond donors (Lipinski definition) is 2. The third-order valence-corrected chi connectivity index (χ3v) is 3.82. The van der Waals surface area contributed by atoms with Gasteiger partial charge in [0.25, 0.3) is 11.8 Å². The summed E-state index contributed by atoms with van der Waals surface area (Å²) in [5.41, 5.74) is 0.940. The summed E-state index contributed by atoms with van der Waals surface area (Å²) >= 11 is 0. The average Bonchev–Trinajstić information content (AvgIpc) is 2.72. The molecule has 0 radical (unpaired) electrons. The Kier molecular flexibility index (Phi) is 8.31. The van der Waals surface area contributed by atoms with Crippen LogP contribution in [0.25, 0.3) is 6.08 Å². The van der Waals surface area contributed by atoms with Gasteiger partial charge in [-0.2, -0.15) is 0 Å². The van der Waals surface area contributed by atoms with Gasteiger partial charge in [0.2, 0.25) is 0 Å².